The smallest absolute Gasteiger partial charge is 0.248 e. The largest absolute Gasteiger partial charge is 0.391 e. The van der Waals surface area contributed by atoms with Crippen LogP contribution in [-0.4, -0.2) is 40.5 Å². The van der Waals surface area contributed by atoms with Crippen LogP contribution in [0.25, 0.3) is 0 Å². The molecule has 1 aliphatic carbocycles. The standard InChI is InChI=1S/C15H21ClN2O3S/c1-3-18(8-11-6-7-12(16)22-11)15(21)13(9(2)19)17-14(20)10-4-5-10/h6-7,9-10,13,19H,3-5,8H2,1-2H3,(H,17,20). The Kier molecular flexibility index (Phi) is 5.83. The lowest BCUT2D eigenvalue weighted by molar-refractivity contribution is -0.140. The summed E-state index contributed by atoms with van der Waals surface area (Å²) in [7, 11) is 0. The van der Waals surface area contributed by atoms with Crippen LogP contribution in [0.3, 0.4) is 0 Å². The minimum Gasteiger partial charge on any atom is -0.391 e. The minimum atomic E-state index is -0.934. The number of aliphatic hydroxyl groups is 1. The Balaban J connectivity index is 2.03. The molecule has 2 atom stereocenters. The molecule has 0 aliphatic heterocycles. The molecule has 1 fully saturated rings. The maximum atomic E-state index is 12.6. The number of carbonyl (C=O) groups excluding carboxylic acids is 2. The molecule has 1 aliphatic rings. The summed E-state index contributed by atoms with van der Waals surface area (Å²) in [6.45, 7) is 4.31. The molecule has 7 heteroatoms. The molecule has 22 heavy (non-hydrogen) atoms. The Bertz CT molecular complexity index is 543. The summed E-state index contributed by atoms with van der Waals surface area (Å²) in [4.78, 5) is 27.1. The highest BCUT2D eigenvalue weighted by Gasteiger charge is 2.35. The van der Waals surface area contributed by atoms with E-state index >= 15 is 0 Å². The average molecular weight is 345 g/mol. The van der Waals surface area contributed by atoms with E-state index in [-0.39, 0.29) is 17.7 Å². The third-order valence-electron chi connectivity index (χ3n) is 3.66. The molecule has 1 saturated carbocycles. The number of aliphatic hydroxyl groups excluding tert-OH is 1. The van der Waals surface area contributed by atoms with Crippen molar-refractivity contribution >= 4 is 34.8 Å². The van der Waals surface area contributed by atoms with Crippen LogP contribution in [0.2, 0.25) is 4.34 Å². The highest BCUT2D eigenvalue weighted by Crippen LogP contribution is 2.29. The van der Waals surface area contributed by atoms with E-state index in [0.29, 0.717) is 17.4 Å². The zero-order chi connectivity index (χ0) is 16.3. The first-order chi connectivity index (χ1) is 10.4. The Morgan fingerprint density at radius 1 is 1.50 bits per heavy atom. The lowest BCUT2D eigenvalue weighted by atomic mass is 10.1. The predicted octanol–water partition coefficient (Wildman–Crippen LogP) is 2.03. The Hall–Kier alpha value is -1.11. The summed E-state index contributed by atoms with van der Waals surface area (Å²) >= 11 is 7.33. The van der Waals surface area contributed by atoms with Crippen LogP contribution in [0.1, 0.15) is 31.6 Å². The number of hydrogen-bond donors (Lipinski definition) is 2. The zero-order valence-corrected chi connectivity index (χ0v) is 14.3. The Morgan fingerprint density at radius 2 is 2.18 bits per heavy atom. The number of carbonyl (C=O) groups is 2. The highest BCUT2D eigenvalue weighted by atomic mass is 35.5. The van der Waals surface area contributed by atoms with Crippen molar-refractivity contribution < 1.29 is 14.7 Å². The third kappa shape index (κ3) is 4.44. The fourth-order valence-corrected chi connectivity index (χ4v) is 3.28. The lowest BCUT2D eigenvalue weighted by Crippen LogP contribution is -2.53. The predicted molar refractivity (Wildman–Crippen MR) is 86.8 cm³/mol. The Labute approximate surface area is 139 Å². The second-order valence-corrected chi connectivity index (χ2v) is 7.36. The van der Waals surface area contributed by atoms with E-state index < -0.39 is 12.1 Å². The van der Waals surface area contributed by atoms with Crippen LogP contribution in [-0.2, 0) is 16.1 Å². The van der Waals surface area contributed by atoms with E-state index in [1.165, 1.54) is 18.3 Å². The first-order valence-corrected chi connectivity index (χ1v) is 8.63. The van der Waals surface area contributed by atoms with Crippen LogP contribution in [0.15, 0.2) is 12.1 Å². The van der Waals surface area contributed by atoms with Gasteiger partial charge >= 0.3 is 0 Å². The van der Waals surface area contributed by atoms with E-state index in [1.807, 2.05) is 13.0 Å². The molecule has 0 aromatic carbocycles. The highest BCUT2D eigenvalue weighted by molar-refractivity contribution is 7.16. The summed E-state index contributed by atoms with van der Waals surface area (Å²) in [5, 5.41) is 12.5. The van der Waals surface area contributed by atoms with Gasteiger partial charge in [-0.1, -0.05) is 11.6 Å². The normalized spacial score (nSPS) is 16.9. The monoisotopic (exact) mass is 344 g/mol. The minimum absolute atomic E-state index is 0.000212. The van der Waals surface area contributed by atoms with Gasteiger partial charge in [-0.05, 0) is 38.8 Å². The van der Waals surface area contributed by atoms with Gasteiger partial charge in [-0.25, -0.2) is 0 Å². The maximum Gasteiger partial charge on any atom is 0.248 e. The number of nitrogens with one attached hydrogen (secondary N) is 1. The molecule has 2 unspecified atom stereocenters. The van der Waals surface area contributed by atoms with Crippen molar-refractivity contribution in [3.05, 3.63) is 21.3 Å². The molecule has 0 saturated heterocycles. The second kappa shape index (κ2) is 7.44. The van der Waals surface area contributed by atoms with Gasteiger partial charge in [-0.3, -0.25) is 9.59 Å². The summed E-state index contributed by atoms with van der Waals surface area (Å²) < 4.78 is 0.674. The van der Waals surface area contributed by atoms with Crippen molar-refractivity contribution in [2.45, 2.75) is 45.4 Å². The molecule has 1 aromatic rings. The van der Waals surface area contributed by atoms with Gasteiger partial charge < -0.3 is 15.3 Å². The molecule has 122 valence electrons. The molecule has 1 aromatic heterocycles. The van der Waals surface area contributed by atoms with E-state index in [2.05, 4.69) is 5.32 Å². The first kappa shape index (κ1) is 17.2. The van der Waals surface area contributed by atoms with Gasteiger partial charge in [-0.2, -0.15) is 0 Å². The molecule has 5 nitrogen and oxygen atoms in total. The number of amides is 2. The number of halogens is 1. The number of likely N-dealkylation sites (N-methyl/N-ethyl adjacent to an activating group) is 1. The topological polar surface area (TPSA) is 69.6 Å². The number of nitrogens with zero attached hydrogens (tertiary/aromatic N) is 1. The van der Waals surface area contributed by atoms with Crippen molar-refractivity contribution in [2.24, 2.45) is 5.92 Å². The van der Waals surface area contributed by atoms with Crippen LogP contribution in [0.4, 0.5) is 0 Å². The number of hydrogen-bond acceptors (Lipinski definition) is 4. The van der Waals surface area contributed by atoms with Gasteiger partial charge in [0.1, 0.15) is 6.04 Å². The molecule has 0 radical (unpaired) electrons. The Morgan fingerprint density at radius 3 is 2.64 bits per heavy atom. The molecule has 2 amide bonds. The molecule has 1 heterocycles. The van der Waals surface area contributed by atoms with E-state index in [4.69, 9.17) is 11.6 Å². The fraction of sp³-hybridized carbons (Fsp3) is 0.600. The van der Waals surface area contributed by atoms with E-state index in [0.717, 1.165) is 17.7 Å². The fourth-order valence-electron chi connectivity index (χ4n) is 2.17. The first-order valence-electron chi connectivity index (χ1n) is 7.43. The number of thiophene rings is 1. The van der Waals surface area contributed by atoms with Crippen molar-refractivity contribution in [3.63, 3.8) is 0 Å². The van der Waals surface area contributed by atoms with E-state index in [1.54, 1.807) is 11.0 Å². The molecular formula is C15H21ClN2O3S. The second-order valence-electron chi connectivity index (χ2n) is 5.56. The van der Waals surface area contributed by atoms with Crippen molar-refractivity contribution in [3.8, 4) is 0 Å². The molecule has 0 spiro atoms. The molecule has 2 rings (SSSR count). The van der Waals surface area contributed by atoms with Crippen LogP contribution in [0.5, 0.6) is 0 Å². The average Bonchev–Trinajstić information content (AvgIpc) is 3.24. The quantitative estimate of drug-likeness (QED) is 0.795. The molecule has 2 N–H and O–H groups in total. The van der Waals surface area contributed by atoms with Gasteiger partial charge in [0.2, 0.25) is 11.8 Å². The van der Waals surface area contributed by atoms with Gasteiger partial charge in [0, 0.05) is 17.3 Å². The summed E-state index contributed by atoms with van der Waals surface area (Å²) in [6.07, 6.45) is 0.784. The van der Waals surface area contributed by atoms with Crippen molar-refractivity contribution in [2.75, 3.05) is 6.54 Å². The third-order valence-corrected chi connectivity index (χ3v) is 4.88. The van der Waals surface area contributed by atoms with Gasteiger partial charge in [0.25, 0.3) is 0 Å². The van der Waals surface area contributed by atoms with E-state index in [9.17, 15) is 14.7 Å². The SMILES string of the molecule is CCN(Cc1ccc(Cl)s1)C(=O)C(NC(=O)C1CC1)C(C)O. The van der Waals surface area contributed by atoms with Crippen LogP contribution < -0.4 is 5.32 Å². The summed E-state index contributed by atoms with van der Waals surface area (Å²) in [6, 6.07) is 2.77. The van der Waals surface area contributed by atoms with Gasteiger partial charge in [0.05, 0.1) is 17.0 Å². The van der Waals surface area contributed by atoms with Gasteiger partial charge in [-0.15, -0.1) is 11.3 Å². The van der Waals surface area contributed by atoms with Crippen LogP contribution in [0, 0.1) is 5.92 Å². The van der Waals surface area contributed by atoms with Crippen molar-refractivity contribution in [1.82, 2.24) is 10.2 Å². The number of rotatable bonds is 7. The molecule has 0 bridgehead atoms. The summed E-state index contributed by atoms with van der Waals surface area (Å²) in [5.41, 5.74) is 0. The lowest BCUT2D eigenvalue weighted by Gasteiger charge is -2.28. The van der Waals surface area contributed by atoms with Crippen LogP contribution >= 0.6 is 22.9 Å². The summed E-state index contributed by atoms with van der Waals surface area (Å²) in [5.74, 6) is -0.411. The zero-order valence-electron chi connectivity index (χ0n) is 12.7. The maximum absolute atomic E-state index is 12.6. The van der Waals surface area contributed by atoms with Crippen molar-refractivity contribution in [1.29, 1.82) is 0 Å². The molecular weight excluding hydrogens is 324 g/mol. The van der Waals surface area contributed by atoms with Gasteiger partial charge in [0.15, 0.2) is 0 Å².